The lowest BCUT2D eigenvalue weighted by Gasteiger charge is -2.34. The van der Waals surface area contributed by atoms with Gasteiger partial charge >= 0.3 is 0 Å². The number of nitriles is 1. The molecule has 0 spiro atoms. The summed E-state index contributed by atoms with van der Waals surface area (Å²) in [4.78, 5) is 21.4. The van der Waals surface area contributed by atoms with Crippen LogP contribution in [0.15, 0.2) is 33.3 Å². The monoisotopic (exact) mass is 421 g/mol. The molecule has 1 aliphatic heterocycles. The van der Waals surface area contributed by atoms with Gasteiger partial charge in [0.15, 0.2) is 11.5 Å². The molecule has 0 amide bonds. The zero-order valence-electron chi connectivity index (χ0n) is 18.4. The molecule has 1 aliphatic rings. The van der Waals surface area contributed by atoms with E-state index in [4.69, 9.17) is 8.83 Å². The molecule has 3 aromatic rings. The zero-order chi connectivity index (χ0) is 22.1. The van der Waals surface area contributed by atoms with Crippen molar-refractivity contribution in [2.45, 2.75) is 33.7 Å². The number of oxazole rings is 1. The van der Waals surface area contributed by atoms with Gasteiger partial charge in [-0.25, -0.2) is 0 Å². The van der Waals surface area contributed by atoms with Gasteiger partial charge in [0, 0.05) is 49.2 Å². The quantitative estimate of drug-likeness (QED) is 0.559. The van der Waals surface area contributed by atoms with E-state index in [1.165, 1.54) is 0 Å². The Morgan fingerprint density at radius 3 is 2.58 bits per heavy atom. The molecule has 4 rings (SSSR count). The smallest absolute Gasteiger partial charge is 0.266 e. The maximum Gasteiger partial charge on any atom is 0.266 e. The number of aromatic nitrogens is 2. The number of piperazine rings is 1. The van der Waals surface area contributed by atoms with Crippen LogP contribution in [0.3, 0.4) is 0 Å². The number of carbonyl (C=O) groups is 1. The topological polar surface area (TPSA) is 91.4 Å². The number of ketones is 1. The van der Waals surface area contributed by atoms with Crippen LogP contribution in [-0.4, -0.2) is 53.0 Å². The van der Waals surface area contributed by atoms with Crippen LogP contribution in [0.25, 0.3) is 11.7 Å². The van der Waals surface area contributed by atoms with Crippen molar-refractivity contribution < 1.29 is 13.6 Å². The first-order valence-corrected chi connectivity index (χ1v) is 10.5. The number of aryl methyl sites for hydroxylation is 1. The molecule has 0 aromatic carbocycles. The molecule has 0 N–H and O–H groups in total. The van der Waals surface area contributed by atoms with Gasteiger partial charge in [0.05, 0.1) is 12.8 Å². The second kappa shape index (κ2) is 8.44. The lowest BCUT2D eigenvalue weighted by atomic mass is 10.1. The molecule has 0 unspecified atom stereocenters. The predicted octanol–water partition coefficient (Wildman–Crippen LogP) is 3.81. The molecule has 0 atom stereocenters. The number of nitrogens with zero attached hydrogens (tertiary/aromatic N) is 5. The van der Waals surface area contributed by atoms with Crippen molar-refractivity contribution in [3.63, 3.8) is 0 Å². The van der Waals surface area contributed by atoms with Gasteiger partial charge in [0.1, 0.15) is 6.07 Å². The highest BCUT2D eigenvalue weighted by molar-refractivity contribution is 5.99. The summed E-state index contributed by atoms with van der Waals surface area (Å²) in [5, 5.41) is 9.46. The second-order valence-electron chi connectivity index (χ2n) is 8.20. The van der Waals surface area contributed by atoms with Crippen molar-refractivity contribution in [1.29, 1.82) is 5.26 Å². The minimum atomic E-state index is 0.144. The molecule has 8 heteroatoms. The van der Waals surface area contributed by atoms with E-state index in [0.717, 1.165) is 17.0 Å². The highest BCUT2D eigenvalue weighted by atomic mass is 16.4. The van der Waals surface area contributed by atoms with Gasteiger partial charge in [-0.2, -0.15) is 10.2 Å². The molecular weight excluding hydrogens is 394 g/mol. The Kier molecular flexibility index (Phi) is 5.70. The molecule has 1 fully saturated rings. The summed E-state index contributed by atoms with van der Waals surface area (Å²) in [7, 11) is 0. The largest absolute Gasteiger partial charge is 0.459 e. The van der Waals surface area contributed by atoms with Crippen LogP contribution < -0.4 is 4.90 Å². The molecule has 0 saturated carbocycles. The van der Waals surface area contributed by atoms with Crippen molar-refractivity contribution >= 4 is 11.7 Å². The van der Waals surface area contributed by atoms with E-state index in [2.05, 4.69) is 34.4 Å². The standard InChI is InChI=1S/C23H27N5O3/c1-15(2)28-16(3)12-18(17(28)4)20(29)14-26-7-9-27(10-8-26)23-19(13-24)25-22(31-23)21-6-5-11-30-21/h5-6,11-12,15H,7-10,14H2,1-4H3. The van der Waals surface area contributed by atoms with Crippen molar-refractivity contribution in [1.82, 2.24) is 14.5 Å². The maximum atomic E-state index is 13.0. The van der Waals surface area contributed by atoms with E-state index in [1.54, 1.807) is 18.4 Å². The van der Waals surface area contributed by atoms with Gasteiger partial charge in [0.25, 0.3) is 5.89 Å². The number of furan rings is 1. The summed E-state index contributed by atoms with van der Waals surface area (Å²) in [6.07, 6.45) is 1.54. The Morgan fingerprint density at radius 1 is 1.26 bits per heavy atom. The van der Waals surface area contributed by atoms with Gasteiger partial charge in [-0.05, 0) is 45.9 Å². The van der Waals surface area contributed by atoms with Crippen molar-refractivity contribution in [2.75, 3.05) is 37.6 Å². The second-order valence-corrected chi connectivity index (χ2v) is 8.20. The Morgan fingerprint density at radius 2 is 2.00 bits per heavy atom. The van der Waals surface area contributed by atoms with Crippen LogP contribution >= 0.6 is 0 Å². The fourth-order valence-electron chi connectivity index (χ4n) is 4.36. The highest BCUT2D eigenvalue weighted by Crippen LogP contribution is 2.29. The lowest BCUT2D eigenvalue weighted by molar-refractivity contribution is 0.0925. The Hall–Kier alpha value is -3.31. The third kappa shape index (κ3) is 4.01. The first-order valence-electron chi connectivity index (χ1n) is 10.5. The first-order chi connectivity index (χ1) is 14.9. The third-order valence-corrected chi connectivity index (χ3v) is 5.78. The summed E-state index contributed by atoms with van der Waals surface area (Å²) in [5.41, 5.74) is 3.19. The molecule has 1 saturated heterocycles. The van der Waals surface area contributed by atoms with E-state index < -0.39 is 0 Å². The molecule has 8 nitrogen and oxygen atoms in total. The first kappa shape index (κ1) is 20.9. The van der Waals surface area contributed by atoms with Gasteiger partial charge in [0.2, 0.25) is 11.6 Å². The molecule has 31 heavy (non-hydrogen) atoms. The lowest BCUT2D eigenvalue weighted by Crippen LogP contribution is -2.48. The van der Waals surface area contributed by atoms with Gasteiger partial charge < -0.3 is 18.3 Å². The predicted molar refractivity (Wildman–Crippen MR) is 116 cm³/mol. The highest BCUT2D eigenvalue weighted by Gasteiger charge is 2.27. The number of Topliss-reactive ketones (excluding diaryl/α,β-unsaturated/α-hetero) is 1. The summed E-state index contributed by atoms with van der Waals surface area (Å²) < 4.78 is 13.4. The summed E-state index contributed by atoms with van der Waals surface area (Å²) in [6.45, 7) is 11.4. The van der Waals surface area contributed by atoms with Crippen molar-refractivity contribution in [3.8, 4) is 17.7 Å². The van der Waals surface area contributed by atoms with Crippen LogP contribution in [0.2, 0.25) is 0 Å². The summed E-state index contributed by atoms with van der Waals surface area (Å²) in [6, 6.07) is 7.93. The fraction of sp³-hybridized carbons (Fsp3) is 0.435. The molecule has 162 valence electrons. The minimum Gasteiger partial charge on any atom is -0.459 e. The minimum absolute atomic E-state index is 0.144. The van der Waals surface area contributed by atoms with E-state index in [1.807, 2.05) is 24.8 Å². The zero-order valence-corrected chi connectivity index (χ0v) is 18.4. The SMILES string of the molecule is Cc1cc(C(=O)CN2CCN(c3oc(-c4ccco4)nc3C#N)CC2)c(C)n1C(C)C. The van der Waals surface area contributed by atoms with Crippen molar-refractivity contribution in [2.24, 2.45) is 0 Å². The van der Waals surface area contributed by atoms with Gasteiger partial charge in [-0.1, -0.05) is 0 Å². The number of hydrogen-bond donors (Lipinski definition) is 0. The average molecular weight is 422 g/mol. The number of hydrogen-bond acceptors (Lipinski definition) is 7. The van der Waals surface area contributed by atoms with Crippen LogP contribution in [0.1, 0.15) is 47.3 Å². The van der Waals surface area contributed by atoms with E-state index in [-0.39, 0.29) is 11.5 Å². The number of rotatable bonds is 6. The number of anilines is 1. The van der Waals surface area contributed by atoms with E-state index in [0.29, 0.717) is 56.3 Å². The molecule has 0 radical (unpaired) electrons. The number of carbonyl (C=O) groups excluding carboxylic acids is 1. The third-order valence-electron chi connectivity index (χ3n) is 5.78. The van der Waals surface area contributed by atoms with Crippen molar-refractivity contribution in [3.05, 3.63) is 47.1 Å². The Balaban J connectivity index is 1.41. The molecular formula is C23H27N5O3. The van der Waals surface area contributed by atoms with E-state index in [9.17, 15) is 10.1 Å². The molecule has 0 bridgehead atoms. The molecule has 3 aromatic heterocycles. The van der Waals surface area contributed by atoms with E-state index >= 15 is 0 Å². The molecule has 0 aliphatic carbocycles. The average Bonchev–Trinajstić information content (AvgIpc) is 3.46. The van der Waals surface area contributed by atoms with Crippen LogP contribution in [0.4, 0.5) is 5.88 Å². The van der Waals surface area contributed by atoms with Gasteiger partial charge in [-0.15, -0.1) is 0 Å². The van der Waals surface area contributed by atoms with Gasteiger partial charge in [-0.3, -0.25) is 9.69 Å². The summed E-state index contributed by atoms with van der Waals surface area (Å²) in [5.74, 6) is 1.40. The Bertz CT molecular complexity index is 1110. The molecule has 4 heterocycles. The van der Waals surface area contributed by atoms with Crippen LogP contribution in [0, 0.1) is 25.2 Å². The fourth-order valence-corrected chi connectivity index (χ4v) is 4.36. The van der Waals surface area contributed by atoms with Crippen LogP contribution in [-0.2, 0) is 0 Å². The normalized spacial score (nSPS) is 14.9. The van der Waals surface area contributed by atoms with Crippen LogP contribution in [0.5, 0.6) is 0 Å². The Labute approximate surface area is 181 Å². The summed E-state index contributed by atoms with van der Waals surface area (Å²) >= 11 is 0. The maximum absolute atomic E-state index is 13.0.